The highest BCUT2D eigenvalue weighted by molar-refractivity contribution is 5.72. The van der Waals surface area contributed by atoms with Crippen LogP contribution in [0, 0.1) is 0 Å². The van der Waals surface area contributed by atoms with Gasteiger partial charge in [-0.05, 0) is 18.6 Å². The molecule has 80 valence electrons. The summed E-state index contributed by atoms with van der Waals surface area (Å²) in [6.07, 6.45) is 5.92. The van der Waals surface area contributed by atoms with Crippen molar-refractivity contribution in [1.29, 1.82) is 0 Å². The number of H-pyrrole nitrogens is 1. The largest absolute Gasteiger partial charge is 0.356 e. The molecule has 0 aromatic carbocycles. The highest BCUT2D eigenvalue weighted by Crippen LogP contribution is 1.94. The Bertz CT molecular complexity index is 407. The summed E-state index contributed by atoms with van der Waals surface area (Å²) in [5, 5.41) is 2.67. The molecule has 4 heteroatoms. The lowest BCUT2D eigenvalue weighted by atomic mass is 10.2. The number of pyridine rings is 1. The molecule has 0 atom stereocenters. The van der Waals surface area contributed by atoms with Crippen LogP contribution in [0.25, 0.3) is 6.08 Å². The van der Waals surface area contributed by atoms with E-state index in [4.69, 9.17) is 0 Å². The summed E-state index contributed by atoms with van der Waals surface area (Å²) in [5.41, 5.74) is 0.522. The van der Waals surface area contributed by atoms with Gasteiger partial charge in [0, 0.05) is 25.2 Å². The molecule has 0 bridgehead atoms. The Labute approximate surface area is 88.0 Å². The molecule has 1 aromatic heterocycles. The highest BCUT2D eigenvalue weighted by atomic mass is 16.1. The van der Waals surface area contributed by atoms with Crippen LogP contribution >= 0.6 is 0 Å². The van der Waals surface area contributed by atoms with Crippen LogP contribution in [0.15, 0.2) is 29.2 Å². The fourth-order valence-corrected chi connectivity index (χ4v) is 1.11. The molecule has 0 saturated carbocycles. The number of rotatable bonds is 4. The number of hydrogen-bond acceptors (Lipinski definition) is 2. The van der Waals surface area contributed by atoms with Gasteiger partial charge < -0.3 is 10.3 Å². The molecular formula is C11H14N2O2. The van der Waals surface area contributed by atoms with Crippen molar-refractivity contribution in [3.8, 4) is 0 Å². The van der Waals surface area contributed by atoms with Crippen molar-refractivity contribution < 1.29 is 4.79 Å². The average molecular weight is 206 g/mol. The minimum atomic E-state index is -0.103. The molecule has 0 aliphatic heterocycles. The van der Waals surface area contributed by atoms with Crippen LogP contribution in [-0.2, 0) is 4.79 Å². The number of hydrogen-bond donors (Lipinski definition) is 2. The summed E-state index contributed by atoms with van der Waals surface area (Å²) >= 11 is 0. The maximum Gasteiger partial charge on any atom is 0.255 e. The molecule has 0 saturated heterocycles. The first-order valence-electron chi connectivity index (χ1n) is 4.79. The predicted octanol–water partition coefficient (Wildman–Crippen LogP) is 0.914. The van der Waals surface area contributed by atoms with E-state index in [0.29, 0.717) is 18.5 Å². The van der Waals surface area contributed by atoms with Gasteiger partial charge in [-0.2, -0.15) is 0 Å². The van der Waals surface area contributed by atoms with Crippen LogP contribution in [0.2, 0.25) is 0 Å². The lowest BCUT2D eigenvalue weighted by molar-refractivity contribution is -0.118. The molecule has 0 fully saturated rings. The van der Waals surface area contributed by atoms with E-state index in [1.807, 2.05) is 6.08 Å². The van der Waals surface area contributed by atoms with E-state index in [0.717, 1.165) is 0 Å². The van der Waals surface area contributed by atoms with Crippen molar-refractivity contribution in [3.63, 3.8) is 0 Å². The summed E-state index contributed by atoms with van der Waals surface area (Å²) in [6.45, 7) is 2.07. The Kier molecular flexibility index (Phi) is 4.34. The van der Waals surface area contributed by atoms with E-state index in [1.165, 1.54) is 6.92 Å². The number of aromatic amines is 1. The smallest absolute Gasteiger partial charge is 0.255 e. The van der Waals surface area contributed by atoms with Gasteiger partial charge in [0.2, 0.25) is 5.91 Å². The van der Waals surface area contributed by atoms with E-state index >= 15 is 0 Å². The Hall–Kier alpha value is -1.84. The fraction of sp³-hybridized carbons (Fsp3) is 0.273. The summed E-state index contributed by atoms with van der Waals surface area (Å²) in [4.78, 5) is 24.3. The second kappa shape index (κ2) is 5.80. The zero-order chi connectivity index (χ0) is 11.1. The number of nitrogens with one attached hydrogen (secondary N) is 2. The summed E-state index contributed by atoms with van der Waals surface area (Å²) in [7, 11) is 0. The van der Waals surface area contributed by atoms with E-state index in [-0.39, 0.29) is 11.5 Å². The van der Waals surface area contributed by atoms with Crippen molar-refractivity contribution in [1.82, 2.24) is 10.3 Å². The van der Waals surface area contributed by atoms with Gasteiger partial charge in [-0.15, -0.1) is 0 Å². The van der Waals surface area contributed by atoms with Gasteiger partial charge in [0.05, 0.1) is 0 Å². The van der Waals surface area contributed by atoms with Gasteiger partial charge in [-0.3, -0.25) is 9.59 Å². The highest BCUT2D eigenvalue weighted by Gasteiger charge is 1.91. The fourth-order valence-electron chi connectivity index (χ4n) is 1.11. The van der Waals surface area contributed by atoms with Crippen molar-refractivity contribution in [3.05, 3.63) is 40.3 Å². The van der Waals surface area contributed by atoms with Gasteiger partial charge in [-0.25, -0.2) is 0 Å². The third kappa shape index (κ3) is 4.26. The monoisotopic (exact) mass is 206 g/mol. The molecule has 1 aromatic rings. The van der Waals surface area contributed by atoms with Crippen molar-refractivity contribution in [2.24, 2.45) is 0 Å². The van der Waals surface area contributed by atoms with Crippen LogP contribution in [0.4, 0.5) is 0 Å². The average Bonchev–Trinajstić information content (AvgIpc) is 2.20. The standard InChI is InChI=1S/C11H14N2O2/c1-9(14)12-7-3-2-5-10-6-4-8-13-11(10)15/h2,4-6,8H,3,7H2,1H3,(H,12,14)(H,13,15). The zero-order valence-electron chi connectivity index (χ0n) is 8.62. The second-order valence-electron chi connectivity index (χ2n) is 3.13. The first kappa shape index (κ1) is 11.2. The zero-order valence-corrected chi connectivity index (χ0v) is 8.62. The number of amides is 1. The second-order valence-corrected chi connectivity index (χ2v) is 3.13. The molecule has 1 rings (SSSR count). The van der Waals surface area contributed by atoms with E-state index < -0.39 is 0 Å². The topological polar surface area (TPSA) is 62.0 Å². The van der Waals surface area contributed by atoms with Gasteiger partial charge in [0.25, 0.3) is 5.56 Å². The molecule has 1 heterocycles. The minimum Gasteiger partial charge on any atom is -0.356 e. The van der Waals surface area contributed by atoms with Crippen LogP contribution in [0.5, 0.6) is 0 Å². The third-order valence-corrected chi connectivity index (χ3v) is 1.83. The van der Waals surface area contributed by atoms with Gasteiger partial charge in [0.15, 0.2) is 0 Å². The molecule has 0 aliphatic carbocycles. The Morgan fingerprint density at radius 2 is 2.40 bits per heavy atom. The van der Waals surface area contributed by atoms with E-state index in [2.05, 4.69) is 10.3 Å². The quantitative estimate of drug-likeness (QED) is 0.719. The van der Waals surface area contributed by atoms with Crippen molar-refractivity contribution in [2.75, 3.05) is 6.54 Å². The summed E-state index contributed by atoms with van der Waals surface area (Å²) < 4.78 is 0. The van der Waals surface area contributed by atoms with Crippen LogP contribution in [0.3, 0.4) is 0 Å². The van der Waals surface area contributed by atoms with Crippen LogP contribution in [0.1, 0.15) is 18.9 Å². The maximum absolute atomic E-state index is 11.2. The minimum absolute atomic E-state index is 0.0408. The molecule has 0 aliphatic rings. The molecule has 0 unspecified atom stereocenters. The first-order chi connectivity index (χ1) is 7.20. The number of aromatic nitrogens is 1. The molecule has 1 amide bonds. The van der Waals surface area contributed by atoms with E-state index in [9.17, 15) is 9.59 Å². The molecule has 0 spiro atoms. The normalized spacial score (nSPS) is 10.5. The SMILES string of the molecule is CC(=O)NCCC=Cc1ccc[nH]c1=O. The molecule has 0 radical (unpaired) electrons. The molecule has 15 heavy (non-hydrogen) atoms. The van der Waals surface area contributed by atoms with E-state index in [1.54, 1.807) is 24.4 Å². The number of carbonyl (C=O) groups is 1. The third-order valence-electron chi connectivity index (χ3n) is 1.83. The summed E-state index contributed by atoms with van der Waals surface area (Å²) in [6, 6.07) is 3.52. The summed E-state index contributed by atoms with van der Waals surface area (Å²) in [5.74, 6) is -0.0408. The lowest BCUT2D eigenvalue weighted by Gasteiger charge is -1.96. The Morgan fingerprint density at radius 3 is 3.07 bits per heavy atom. The molecular weight excluding hydrogens is 192 g/mol. The lowest BCUT2D eigenvalue weighted by Crippen LogP contribution is -2.20. The van der Waals surface area contributed by atoms with Gasteiger partial charge in [-0.1, -0.05) is 12.2 Å². The Morgan fingerprint density at radius 1 is 1.60 bits per heavy atom. The van der Waals surface area contributed by atoms with Crippen molar-refractivity contribution in [2.45, 2.75) is 13.3 Å². The predicted molar refractivity (Wildman–Crippen MR) is 59.4 cm³/mol. The molecule has 4 nitrogen and oxygen atoms in total. The van der Waals surface area contributed by atoms with Gasteiger partial charge >= 0.3 is 0 Å². The maximum atomic E-state index is 11.2. The van der Waals surface area contributed by atoms with Crippen LogP contribution in [-0.4, -0.2) is 17.4 Å². The van der Waals surface area contributed by atoms with Crippen molar-refractivity contribution >= 4 is 12.0 Å². The van der Waals surface area contributed by atoms with Gasteiger partial charge in [0.1, 0.15) is 0 Å². The number of carbonyl (C=O) groups excluding carboxylic acids is 1. The Balaban J connectivity index is 2.42. The van der Waals surface area contributed by atoms with Crippen LogP contribution < -0.4 is 10.9 Å². The molecule has 2 N–H and O–H groups in total. The first-order valence-corrected chi connectivity index (χ1v) is 4.79.